The summed E-state index contributed by atoms with van der Waals surface area (Å²) in [4.78, 5) is 42.5. The predicted octanol–water partition coefficient (Wildman–Crippen LogP) is 1.06. The van der Waals surface area contributed by atoms with Crippen molar-refractivity contribution >= 4 is 67.3 Å². The van der Waals surface area contributed by atoms with E-state index in [4.69, 9.17) is 9.97 Å². The Kier molecular flexibility index (Phi) is 2.08. The fourth-order valence-corrected chi connectivity index (χ4v) is 3.42. The monoisotopic (exact) mass is 356 g/mol. The third kappa shape index (κ3) is 1.57. The highest BCUT2D eigenvalue weighted by Gasteiger charge is 2.22. The van der Waals surface area contributed by atoms with E-state index in [2.05, 4.69) is 50.5 Å². The van der Waals surface area contributed by atoms with Gasteiger partial charge in [0.15, 0.2) is 34.2 Å². The van der Waals surface area contributed by atoms with Crippen molar-refractivity contribution in [2.75, 3.05) is 17.3 Å². The highest BCUT2D eigenvalue weighted by molar-refractivity contribution is 6.20. The zero-order valence-electron chi connectivity index (χ0n) is 13.4. The van der Waals surface area contributed by atoms with Gasteiger partial charge in [-0.1, -0.05) is 0 Å². The van der Waals surface area contributed by atoms with Crippen molar-refractivity contribution in [2.45, 2.75) is 0 Å². The van der Waals surface area contributed by atoms with E-state index in [1.807, 2.05) is 0 Å². The van der Waals surface area contributed by atoms with Crippen LogP contribution in [0.4, 0.5) is 11.6 Å². The van der Waals surface area contributed by atoms with Gasteiger partial charge in [-0.3, -0.25) is 0 Å². The van der Waals surface area contributed by atoms with E-state index in [1.54, 1.807) is 12.7 Å². The zero-order valence-corrected chi connectivity index (χ0v) is 13.4. The molecular formula is C15H8N12. The Bertz CT molecular complexity index is 1440. The average Bonchev–Trinajstić information content (AvgIpc) is 3.43. The van der Waals surface area contributed by atoms with Gasteiger partial charge in [0, 0.05) is 0 Å². The molecule has 0 fully saturated rings. The SMILES string of the molecule is c1nc2nc3c(nc2[nH]1)c1nc2c(nc1c1nc4nc[nH]c4nc13)NCN2. The van der Waals surface area contributed by atoms with Crippen molar-refractivity contribution in [3.05, 3.63) is 12.7 Å². The number of hydrogen-bond donors (Lipinski definition) is 4. The number of benzene rings is 1. The van der Waals surface area contributed by atoms with E-state index in [-0.39, 0.29) is 0 Å². The molecule has 0 saturated heterocycles. The van der Waals surface area contributed by atoms with Crippen LogP contribution in [0.3, 0.4) is 0 Å². The van der Waals surface area contributed by atoms with Crippen LogP contribution in [0, 0.1) is 0 Å². The van der Waals surface area contributed by atoms with Crippen LogP contribution in [0.1, 0.15) is 0 Å². The lowest BCUT2D eigenvalue weighted by molar-refractivity contribution is 1.28. The van der Waals surface area contributed by atoms with Gasteiger partial charge < -0.3 is 20.6 Å². The third-order valence-electron chi connectivity index (χ3n) is 4.61. The molecule has 1 aliphatic rings. The largest absolute Gasteiger partial charge is 0.350 e. The van der Waals surface area contributed by atoms with E-state index in [9.17, 15) is 0 Å². The molecule has 1 aliphatic heterocycles. The number of hydrogen-bond acceptors (Lipinski definition) is 10. The molecule has 0 atom stereocenters. The highest BCUT2D eigenvalue weighted by atomic mass is 15.2. The fourth-order valence-electron chi connectivity index (χ4n) is 3.42. The summed E-state index contributed by atoms with van der Waals surface area (Å²) < 4.78 is 0. The summed E-state index contributed by atoms with van der Waals surface area (Å²) in [5, 5.41) is 6.31. The molecule has 0 spiro atoms. The molecule has 12 heteroatoms. The van der Waals surface area contributed by atoms with E-state index < -0.39 is 0 Å². The Morgan fingerprint density at radius 1 is 0.556 bits per heavy atom. The molecule has 6 heterocycles. The maximum atomic E-state index is 4.72. The Labute approximate surface area is 147 Å². The zero-order chi connectivity index (χ0) is 17.5. The molecule has 27 heavy (non-hydrogen) atoms. The Balaban J connectivity index is 1.82. The van der Waals surface area contributed by atoms with E-state index in [1.165, 1.54) is 0 Å². The summed E-state index contributed by atoms with van der Waals surface area (Å²) >= 11 is 0. The molecule has 0 amide bonds. The van der Waals surface area contributed by atoms with Gasteiger partial charge in [0.1, 0.15) is 33.1 Å². The third-order valence-corrected chi connectivity index (χ3v) is 4.61. The van der Waals surface area contributed by atoms with Crippen molar-refractivity contribution in [1.82, 2.24) is 49.8 Å². The number of nitrogens with one attached hydrogen (secondary N) is 4. The summed E-state index contributed by atoms with van der Waals surface area (Å²) in [7, 11) is 0. The normalized spacial score (nSPS) is 13.6. The van der Waals surface area contributed by atoms with Gasteiger partial charge in [-0.25, -0.2) is 39.9 Å². The second-order valence-electron chi connectivity index (χ2n) is 6.14. The maximum Gasteiger partial charge on any atom is 0.197 e. The van der Waals surface area contributed by atoms with Gasteiger partial charge in [0.05, 0.1) is 19.3 Å². The van der Waals surface area contributed by atoms with E-state index in [0.29, 0.717) is 74.0 Å². The quantitative estimate of drug-likeness (QED) is 0.290. The van der Waals surface area contributed by atoms with Crippen molar-refractivity contribution in [3.63, 3.8) is 0 Å². The fraction of sp³-hybridized carbons (Fsp3) is 0.0667. The average molecular weight is 356 g/mol. The molecule has 0 radical (unpaired) electrons. The molecule has 0 bridgehead atoms. The predicted molar refractivity (Wildman–Crippen MR) is 97.1 cm³/mol. The summed E-state index contributed by atoms with van der Waals surface area (Å²) in [5.74, 6) is 1.34. The minimum Gasteiger partial charge on any atom is -0.350 e. The number of fused-ring (bicyclic) bond motifs is 9. The summed E-state index contributed by atoms with van der Waals surface area (Å²) in [6.45, 7) is 0.563. The van der Waals surface area contributed by atoms with Gasteiger partial charge in [-0.2, -0.15) is 0 Å². The number of H-pyrrole nitrogens is 2. The highest BCUT2D eigenvalue weighted by Crippen LogP contribution is 2.34. The molecule has 0 saturated carbocycles. The molecule has 128 valence electrons. The molecule has 0 aliphatic carbocycles. The first-order chi connectivity index (χ1) is 13.3. The van der Waals surface area contributed by atoms with Gasteiger partial charge in [-0.05, 0) is 0 Å². The first kappa shape index (κ1) is 13.0. The van der Waals surface area contributed by atoms with Crippen LogP contribution < -0.4 is 10.6 Å². The minimum absolute atomic E-state index is 0.503. The number of rotatable bonds is 0. The lowest BCUT2D eigenvalue weighted by Gasteiger charge is -2.08. The second kappa shape index (κ2) is 4.30. The molecule has 6 aromatic rings. The van der Waals surface area contributed by atoms with Crippen LogP contribution in [0.2, 0.25) is 0 Å². The molecule has 0 unspecified atom stereocenters. The molecular weight excluding hydrogens is 348 g/mol. The second-order valence-corrected chi connectivity index (χ2v) is 6.14. The Morgan fingerprint density at radius 3 is 1.52 bits per heavy atom. The first-order valence-electron chi connectivity index (χ1n) is 8.18. The molecule has 1 aromatic carbocycles. The number of nitrogens with zero attached hydrogens (tertiary/aromatic N) is 8. The van der Waals surface area contributed by atoms with Crippen molar-refractivity contribution < 1.29 is 0 Å². The van der Waals surface area contributed by atoms with Crippen LogP contribution in [-0.4, -0.2) is 56.5 Å². The van der Waals surface area contributed by atoms with Gasteiger partial charge >= 0.3 is 0 Å². The van der Waals surface area contributed by atoms with Crippen LogP contribution in [0.15, 0.2) is 12.7 Å². The van der Waals surface area contributed by atoms with Crippen molar-refractivity contribution in [3.8, 4) is 0 Å². The van der Waals surface area contributed by atoms with Gasteiger partial charge in [0.2, 0.25) is 0 Å². The first-order valence-corrected chi connectivity index (χ1v) is 8.18. The topological polar surface area (TPSA) is 159 Å². The Hall–Kier alpha value is -4.22. The van der Waals surface area contributed by atoms with Crippen LogP contribution >= 0.6 is 0 Å². The van der Waals surface area contributed by atoms with Crippen molar-refractivity contribution in [1.29, 1.82) is 0 Å². The molecule has 5 aromatic heterocycles. The van der Waals surface area contributed by atoms with Gasteiger partial charge in [-0.15, -0.1) is 0 Å². The lowest BCUT2D eigenvalue weighted by Crippen LogP contribution is -1.99. The standard InChI is InChI=1S/C15H8N12/c1-16-10-11(17-1)23-5-4(22-10)6-8(26-14-12(24-6)18-2-20-14)9-7(5)25-13-15(27-9)21-3-19-13/h1-2H,3H2,(H,19,25)(H,21,27)(H,16,17,22,23)(H,18,20,24,26). The van der Waals surface area contributed by atoms with Crippen LogP contribution in [-0.2, 0) is 0 Å². The molecule has 12 nitrogen and oxygen atoms in total. The van der Waals surface area contributed by atoms with E-state index in [0.717, 1.165) is 0 Å². The number of aromatic amines is 2. The lowest BCUT2D eigenvalue weighted by atomic mass is 10.2. The summed E-state index contributed by atoms with van der Waals surface area (Å²) in [6.07, 6.45) is 3.11. The van der Waals surface area contributed by atoms with Crippen LogP contribution in [0.5, 0.6) is 0 Å². The smallest absolute Gasteiger partial charge is 0.197 e. The van der Waals surface area contributed by atoms with Crippen molar-refractivity contribution in [2.24, 2.45) is 0 Å². The number of anilines is 2. The summed E-state index contributed by atoms with van der Waals surface area (Å²) in [5.41, 5.74) is 5.66. The Morgan fingerprint density at radius 2 is 1.00 bits per heavy atom. The minimum atomic E-state index is 0.503. The molecule has 4 N–H and O–H groups in total. The number of aromatic nitrogens is 10. The number of imidazole rings is 2. The maximum absolute atomic E-state index is 4.72. The van der Waals surface area contributed by atoms with E-state index >= 15 is 0 Å². The van der Waals surface area contributed by atoms with Gasteiger partial charge in [0.25, 0.3) is 0 Å². The molecule has 7 rings (SSSR count). The van der Waals surface area contributed by atoms with Crippen LogP contribution in [0.25, 0.3) is 55.7 Å². The summed E-state index contributed by atoms with van der Waals surface area (Å²) in [6, 6.07) is 0.